The normalized spacial score (nSPS) is 14.7. The van der Waals surface area contributed by atoms with Crippen molar-refractivity contribution in [2.45, 2.75) is 6.54 Å². The van der Waals surface area contributed by atoms with E-state index in [-0.39, 0.29) is 28.9 Å². The van der Waals surface area contributed by atoms with Crippen molar-refractivity contribution in [3.63, 3.8) is 0 Å². The first-order valence-electron chi connectivity index (χ1n) is 9.73. The fourth-order valence-corrected chi connectivity index (χ4v) is 3.56. The van der Waals surface area contributed by atoms with Gasteiger partial charge in [-0.25, -0.2) is 9.07 Å². The van der Waals surface area contributed by atoms with E-state index in [0.717, 1.165) is 11.3 Å². The number of carbonyl (C=O) groups excluding carboxylic acids is 1. The Morgan fingerprint density at radius 2 is 1.87 bits per heavy atom. The number of benzene rings is 2. The maximum atomic E-state index is 13.9. The molecule has 1 aromatic heterocycles. The van der Waals surface area contributed by atoms with Crippen LogP contribution in [0.25, 0.3) is 5.69 Å². The third kappa shape index (κ3) is 4.13. The number of aromatic hydroxyl groups is 1. The molecule has 30 heavy (non-hydrogen) atoms. The third-order valence-electron chi connectivity index (χ3n) is 5.20. The van der Waals surface area contributed by atoms with Crippen LogP contribution in [0.4, 0.5) is 4.39 Å². The van der Waals surface area contributed by atoms with E-state index < -0.39 is 0 Å². The standard InChI is InChI=1S/C22H23FN4O3/c1-30-20-8-7-16(13-18(20)23)14-25-9-11-26(12-10-25)22(29)21-19(28)15-27(24-21)17-5-3-2-4-6-17/h2-8,13,15,28H,9-12,14H2,1H3. The Kier molecular flexibility index (Phi) is 5.67. The molecule has 0 aliphatic carbocycles. The van der Waals surface area contributed by atoms with Crippen molar-refractivity contribution in [3.05, 3.63) is 71.8 Å². The molecule has 3 aromatic rings. The molecule has 1 amide bonds. The molecule has 4 rings (SSSR count). The highest BCUT2D eigenvalue weighted by Crippen LogP contribution is 2.22. The first kappa shape index (κ1) is 19.9. The van der Waals surface area contributed by atoms with Gasteiger partial charge in [0, 0.05) is 32.7 Å². The molecule has 1 saturated heterocycles. The predicted molar refractivity (Wildman–Crippen MR) is 109 cm³/mol. The third-order valence-corrected chi connectivity index (χ3v) is 5.20. The minimum Gasteiger partial charge on any atom is -0.504 e. The fourth-order valence-electron chi connectivity index (χ4n) is 3.56. The quantitative estimate of drug-likeness (QED) is 0.700. The van der Waals surface area contributed by atoms with Crippen LogP contribution in [-0.4, -0.2) is 63.9 Å². The molecule has 0 unspecified atom stereocenters. The van der Waals surface area contributed by atoms with Gasteiger partial charge in [-0.3, -0.25) is 9.69 Å². The number of rotatable bonds is 5. The van der Waals surface area contributed by atoms with Crippen molar-refractivity contribution < 1.29 is 19.0 Å². The molecular formula is C22H23FN4O3. The van der Waals surface area contributed by atoms with Gasteiger partial charge >= 0.3 is 0 Å². The molecule has 1 fully saturated rings. The van der Waals surface area contributed by atoms with E-state index in [1.54, 1.807) is 11.0 Å². The molecule has 0 spiro atoms. The van der Waals surface area contributed by atoms with Crippen LogP contribution in [0, 0.1) is 5.82 Å². The Morgan fingerprint density at radius 1 is 1.13 bits per heavy atom. The Balaban J connectivity index is 1.38. The van der Waals surface area contributed by atoms with Crippen molar-refractivity contribution in [1.29, 1.82) is 0 Å². The van der Waals surface area contributed by atoms with Gasteiger partial charge in [-0.05, 0) is 29.8 Å². The maximum Gasteiger partial charge on any atom is 0.278 e. The highest BCUT2D eigenvalue weighted by molar-refractivity contribution is 5.95. The second-order valence-electron chi connectivity index (χ2n) is 7.18. The molecule has 2 heterocycles. The van der Waals surface area contributed by atoms with E-state index in [1.165, 1.54) is 24.1 Å². The molecule has 0 saturated carbocycles. The number of nitrogens with zero attached hydrogens (tertiary/aromatic N) is 4. The van der Waals surface area contributed by atoms with Gasteiger partial charge in [0.2, 0.25) is 0 Å². The van der Waals surface area contributed by atoms with Gasteiger partial charge in [0.05, 0.1) is 19.0 Å². The lowest BCUT2D eigenvalue weighted by molar-refractivity contribution is 0.0619. The zero-order valence-electron chi connectivity index (χ0n) is 16.7. The number of halogens is 1. The first-order chi connectivity index (χ1) is 14.5. The highest BCUT2D eigenvalue weighted by atomic mass is 19.1. The minimum absolute atomic E-state index is 0.0459. The lowest BCUT2D eigenvalue weighted by atomic mass is 10.1. The number of amides is 1. The van der Waals surface area contributed by atoms with Crippen LogP contribution in [0.2, 0.25) is 0 Å². The summed E-state index contributed by atoms with van der Waals surface area (Å²) in [5.74, 6) is -0.588. The van der Waals surface area contributed by atoms with E-state index in [4.69, 9.17) is 4.74 Å². The fraction of sp³-hybridized carbons (Fsp3) is 0.273. The number of hydrogen-bond donors (Lipinski definition) is 1. The van der Waals surface area contributed by atoms with E-state index >= 15 is 0 Å². The minimum atomic E-state index is -0.381. The SMILES string of the molecule is COc1ccc(CN2CCN(C(=O)c3nn(-c4ccccc4)cc3O)CC2)cc1F. The molecule has 1 aliphatic rings. The molecule has 7 nitrogen and oxygen atoms in total. The summed E-state index contributed by atoms with van der Waals surface area (Å²) in [5, 5.41) is 14.5. The van der Waals surface area contributed by atoms with Crippen LogP contribution in [-0.2, 0) is 6.54 Å². The van der Waals surface area contributed by atoms with Crippen molar-refractivity contribution in [2.75, 3.05) is 33.3 Å². The second kappa shape index (κ2) is 8.54. The summed E-state index contributed by atoms with van der Waals surface area (Å²) < 4.78 is 20.3. The summed E-state index contributed by atoms with van der Waals surface area (Å²) in [6.45, 7) is 2.92. The number of para-hydroxylation sites is 1. The second-order valence-corrected chi connectivity index (χ2v) is 7.18. The summed E-state index contributed by atoms with van der Waals surface area (Å²) in [6, 6.07) is 14.3. The monoisotopic (exact) mass is 410 g/mol. The van der Waals surface area contributed by atoms with Gasteiger partial charge in [-0.1, -0.05) is 24.3 Å². The largest absolute Gasteiger partial charge is 0.504 e. The first-order valence-corrected chi connectivity index (χ1v) is 9.73. The maximum absolute atomic E-state index is 13.9. The van der Waals surface area contributed by atoms with E-state index in [1.807, 2.05) is 36.4 Å². The molecule has 1 N–H and O–H groups in total. The Bertz CT molecular complexity index is 1030. The molecule has 0 bridgehead atoms. The zero-order valence-corrected chi connectivity index (χ0v) is 16.7. The highest BCUT2D eigenvalue weighted by Gasteiger charge is 2.26. The molecule has 0 atom stereocenters. The number of piperazine rings is 1. The summed E-state index contributed by atoms with van der Waals surface area (Å²) in [5.41, 5.74) is 1.67. The lowest BCUT2D eigenvalue weighted by Crippen LogP contribution is -2.48. The van der Waals surface area contributed by atoms with Crippen molar-refractivity contribution in [2.24, 2.45) is 0 Å². The average molecular weight is 410 g/mol. The van der Waals surface area contributed by atoms with Crippen LogP contribution in [0.3, 0.4) is 0 Å². The Morgan fingerprint density at radius 3 is 2.53 bits per heavy atom. The number of aromatic nitrogens is 2. The smallest absolute Gasteiger partial charge is 0.278 e. The van der Waals surface area contributed by atoms with E-state index in [2.05, 4.69) is 10.00 Å². The van der Waals surface area contributed by atoms with Crippen LogP contribution in [0.15, 0.2) is 54.7 Å². The molecule has 1 aliphatic heterocycles. The zero-order chi connectivity index (χ0) is 21.1. The van der Waals surface area contributed by atoms with Crippen LogP contribution in [0.1, 0.15) is 16.1 Å². The number of carbonyl (C=O) groups is 1. The van der Waals surface area contributed by atoms with Gasteiger partial charge in [-0.15, -0.1) is 0 Å². The number of ether oxygens (including phenoxy) is 1. The van der Waals surface area contributed by atoms with Crippen LogP contribution in [0.5, 0.6) is 11.5 Å². The van der Waals surface area contributed by atoms with E-state index in [0.29, 0.717) is 32.7 Å². The average Bonchev–Trinajstić information content (AvgIpc) is 3.16. The summed E-state index contributed by atoms with van der Waals surface area (Å²) in [4.78, 5) is 16.7. The molecule has 8 heteroatoms. The van der Waals surface area contributed by atoms with Gasteiger partial charge in [0.15, 0.2) is 23.0 Å². The van der Waals surface area contributed by atoms with Crippen LogP contribution < -0.4 is 4.74 Å². The topological polar surface area (TPSA) is 70.8 Å². The van der Waals surface area contributed by atoms with Crippen molar-refractivity contribution >= 4 is 5.91 Å². The Hall–Kier alpha value is -3.39. The lowest BCUT2D eigenvalue weighted by Gasteiger charge is -2.34. The molecule has 156 valence electrons. The summed E-state index contributed by atoms with van der Waals surface area (Å²) >= 11 is 0. The summed E-state index contributed by atoms with van der Waals surface area (Å²) in [6.07, 6.45) is 1.44. The number of methoxy groups -OCH3 is 1. The molecule has 0 radical (unpaired) electrons. The van der Waals surface area contributed by atoms with Crippen molar-refractivity contribution in [3.8, 4) is 17.2 Å². The molecular weight excluding hydrogens is 387 g/mol. The number of hydrogen-bond acceptors (Lipinski definition) is 5. The van der Waals surface area contributed by atoms with Crippen molar-refractivity contribution in [1.82, 2.24) is 19.6 Å². The van der Waals surface area contributed by atoms with Gasteiger partial charge in [-0.2, -0.15) is 5.10 Å². The van der Waals surface area contributed by atoms with Gasteiger partial charge in [0.1, 0.15) is 0 Å². The van der Waals surface area contributed by atoms with E-state index in [9.17, 15) is 14.3 Å². The van der Waals surface area contributed by atoms with Crippen LogP contribution >= 0.6 is 0 Å². The summed E-state index contributed by atoms with van der Waals surface area (Å²) in [7, 11) is 1.44. The van der Waals surface area contributed by atoms with Gasteiger partial charge < -0.3 is 14.7 Å². The Labute approximate surface area is 173 Å². The molecule has 2 aromatic carbocycles. The predicted octanol–water partition coefficient (Wildman–Crippen LogP) is 2.68. The van der Waals surface area contributed by atoms with Gasteiger partial charge in [0.25, 0.3) is 5.91 Å².